The van der Waals surface area contributed by atoms with Crippen LogP contribution in [0.4, 0.5) is 15.8 Å². The SMILES string of the molecule is Cc1ccc(Cl)cc1NC(=O)CN1N=NC2C(=O)N(c3ccc(F)cc3)C(=O)C21. The molecule has 148 valence electrons. The fourth-order valence-electron chi connectivity index (χ4n) is 3.26. The molecular weight excluding hydrogens is 401 g/mol. The Kier molecular flexibility index (Phi) is 4.75. The maximum absolute atomic E-state index is 13.2. The van der Waals surface area contributed by atoms with E-state index in [-0.39, 0.29) is 12.2 Å². The predicted octanol–water partition coefficient (Wildman–Crippen LogP) is 2.72. The standard InChI is InChI=1S/C19H15ClFN5O3/c1-10-2-3-11(20)8-14(10)22-15(27)9-25-17-16(23-24-25)18(28)26(19(17)29)13-6-4-12(21)5-7-13/h2-8,16-17H,9H2,1H3,(H,22,27). The van der Waals surface area contributed by atoms with Crippen LogP contribution in [-0.2, 0) is 14.4 Å². The Hall–Kier alpha value is -3.33. The fourth-order valence-corrected chi connectivity index (χ4v) is 3.44. The Morgan fingerprint density at radius 3 is 2.62 bits per heavy atom. The lowest BCUT2D eigenvalue weighted by molar-refractivity contribution is -0.123. The van der Waals surface area contributed by atoms with Gasteiger partial charge in [-0.15, -0.1) is 0 Å². The maximum atomic E-state index is 13.2. The zero-order valence-electron chi connectivity index (χ0n) is 15.2. The molecule has 2 atom stereocenters. The van der Waals surface area contributed by atoms with Crippen LogP contribution >= 0.6 is 11.6 Å². The van der Waals surface area contributed by atoms with Crippen molar-refractivity contribution >= 4 is 40.7 Å². The molecule has 3 amide bonds. The Morgan fingerprint density at radius 2 is 1.90 bits per heavy atom. The highest BCUT2D eigenvalue weighted by atomic mass is 35.5. The van der Waals surface area contributed by atoms with Gasteiger partial charge in [-0.1, -0.05) is 22.9 Å². The number of halogens is 2. The Balaban J connectivity index is 1.49. The highest BCUT2D eigenvalue weighted by molar-refractivity contribution is 6.31. The van der Waals surface area contributed by atoms with Crippen LogP contribution in [-0.4, -0.2) is 41.4 Å². The first-order chi connectivity index (χ1) is 13.8. The van der Waals surface area contributed by atoms with Crippen LogP contribution in [0.2, 0.25) is 5.02 Å². The van der Waals surface area contributed by atoms with Crippen molar-refractivity contribution in [3.05, 3.63) is 58.9 Å². The van der Waals surface area contributed by atoms with Gasteiger partial charge in [-0.25, -0.2) is 9.29 Å². The smallest absolute Gasteiger partial charge is 0.263 e. The van der Waals surface area contributed by atoms with Gasteiger partial charge in [0.25, 0.3) is 11.8 Å². The molecule has 0 aliphatic carbocycles. The first kappa shape index (κ1) is 19.0. The van der Waals surface area contributed by atoms with E-state index in [0.29, 0.717) is 10.7 Å². The summed E-state index contributed by atoms with van der Waals surface area (Å²) in [5.74, 6) is -2.05. The highest BCUT2D eigenvalue weighted by Gasteiger charge is 2.55. The second kappa shape index (κ2) is 7.25. The number of hydrogen-bond donors (Lipinski definition) is 1. The van der Waals surface area contributed by atoms with Gasteiger partial charge in [0.1, 0.15) is 12.4 Å². The molecule has 0 aromatic heterocycles. The molecule has 4 rings (SSSR count). The molecule has 2 unspecified atom stereocenters. The van der Waals surface area contributed by atoms with Gasteiger partial charge in [0.2, 0.25) is 5.91 Å². The minimum Gasteiger partial charge on any atom is -0.324 e. The van der Waals surface area contributed by atoms with Crippen molar-refractivity contribution in [3.63, 3.8) is 0 Å². The van der Waals surface area contributed by atoms with Crippen LogP contribution in [0.3, 0.4) is 0 Å². The van der Waals surface area contributed by atoms with Gasteiger partial charge >= 0.3 is 0 Å². The summed E-state index contributed by atoms with van der Waals surface area (Å²) in [6, 6.07) is 8.02. The highest BCUT2D eigenvalue weighted by Crippen LogP contribution is 2.32. The van der Waals surface area contributed by atoms with E-state index in [1.165, 1.54) is 17.1 Å². The molecule has 1 fully saturated rings. The molecule has 0 radical (unpaired) electrons. The molecule has 2 aliphatic heterocycles. The Morgan fingerprint density at radius 1 is 1.17 bits per heavy atom. The number of nitrogens with zero attached hydrogens (tertiary/aromatic N) is 4. The van der Waals surface area contributed by atoms with Crippen molar-refractivity contribution < 1.29 is 18.8 Å². The summed E-state index contributed by atoms with van der Waals surface area (Å²) in [7, 11) is 0. The van der Waals surface area contributed by atoms with Gasteiger partial charge in [-0.3, -0.25) is 19.4 Å². The second-order valence-corrected chi connectivity index (χ2v) is 7.12. The monoisotopic (exact) mass is 415 g/mol. The lowest BCUT2D eigenvalue weighted by atomic mass is 10.1. The van der Waals surface area contributed by atoms with Gasteiger partial charge in [0, 0.05) is 10.7 Å². The minimum atomic E-state index is -1.03. The van der Waals surface area contributed by atoms with Gasteiger partial charge < -0.3 is 5.32 Å². The minimum absolute atomic E-state index is 0.241. The molecule has 10 heteroatoms. The van der Waals surface area contributed by atoms with E-state index in [1.807, 2.05) is 6.92 Å². The number of anilines is 2. The third-order valence-electron chi connectivity index (χ3n) is 4.72. The summed E-state index contributed by atoms with van der Waals surface area (Å²) in [5, 5.41) is 12.1. The van der Waals surface area contributed by atoms with E-state index >= 15 is 0 Å². The molecule has 1 N–H and O–H groups in total. The van der Waals surface area contributed by atoms with E-state index in [9.17, 15) is 18.8 Å². The average molecular weight is 416 g/mol. The van der Waals surface area contributed by atoms with Crippen molar-refractivity contribution in [2.45, 2.75) is 19.0 Å². The van der Waals surface area contributed by atoms with Crippen LogP contribution in [0.15, 0.2) is 52.8 Å². The normalized spacial score (nSPS) is 20.4. The van der Waals surface area contributed by atoms with Crippen molar-refractivity contribution in [2.24, 2.45) is 10.3 Å². The van der Waals surface area contributed by atoms with E-state index in [4.69, 9.17) is 11.6 Å². The van der Waals surface area contributed by atoms with Gasteiger partial charge in [0.05, 0.1) is 5.69 Å². The summed E-state index contributed by atoms with van der Waals surface area (Å²) in [5.41, 5.74) is 1.60. The Labute approximate surface area is 169 Å². The first-order valence-corrected chi connectivity index (χ1v) is 9.10. The fraction of sp³-hybridized carbons (Fsp3) is 0.211. The van der Waals surface area contributed by atoms with Crippen LogP contribution in [0.1, 0.15) is 5.56 Å². The molecule has 1 saturated heterocycles. The number of carbonyl (C=O) groups excluding carboxylic acids is 3. The number of nitrogens with one attached hydrogen (secondary N) is 1. The summed E-state index contributed by atoms with van der Waals surface area (Å²) in [4.78, 5) is 38.8. The number of amides is 3. The third-order valence-corrected chi connectivity index (χ3v) is 4.96. The van der Waals surface area contributed by atoms with Crippen molar-refractivity contribution in [1.29, 1.82) is 0 Å². The quantitative estimate of drug-likeness (QED) is 0.777. The van der Waals surface area contributed by atoms with Crippen molar-refractivity contribution in [2.75, 3.05) is 16.8 Å². The molecule has 2 aromatic carbocycles. The van der Waals surface area contributed by atoms with Crippen LogP contribution in [0, 0.1) is 12.7 Å². The zero-order chi connectivity index (χ0) is 20.7. The van der Waals surface area contributed by atoms with Gasteiger partial charge in [-0.05, 0) is 48.9 Å². The first-order valence-electron chi connectivity index (χ1n) is 8.72. The van der Waals surface area contributed by atoms with Gasteiger partial charge in [0.15, 0.2) is 12.1 Å². The van der Waals surface area contributed by atoms with Crippen molar-refractivity contribution in [3.8, 4) is 0 Å². The molecule has 0 saturated carbocycles. The van der Waals surface area contributed by atoms with E-state index in [2.05, 4.69) is 15.7 Å². The van der Waals surface area contributed by atoms with Gasteiger partial charge in [-0.2, -0.15) is 5.11 Å². The number of aryl methyl sites for hydroxylation is 1. The van der Waals surface area contributed by atoms with Crippen molar-refractivity contribution in [1.82, 2.24) is 5.01 Å². The number of fused-ring (bicyclic) bond motifs is 1. The van der Waals surface area contributed by atoms with E-state index in [0.717, 1.165) is 22.6 Å². The Bertz CT molecular complexity index is 1040. The van der Waals surface area contributed by atoms with Crippen LogP contribution < -0.4 is 10.2 Å². The summed E-state index contributed by atoms with van der Waals surface area (Å²) in [6.07, 6.45) is 0. The summed E-state index contributed by atoms with van der Waals surface area (Å²) in [6.45, 7) is 1.55. The topological polar surface area (TPSA) is 94.4 Å². The van der Waals surface area contributed by atoms with Crippen LogP contribution in [0.25, 0.3) is 0 Å². The number of imide groups is 1. The molecule has 2 aliphatic rings. The number of benzene rings is 2. The number of carbonyl (C=O) groups is 3. The van der Waals surface area contributed by atoms with E-state index < -0.39 is 35.6 Å². The lowest BCUT2D eigenvalue weighted by Gasteiger charge is -2.20. The number of hydrogen-bond acceptors (Lipinski definition) is 6. The molecule has 0 bridgehead atoms. The predicted molar refractivity (Wildman–Crippen MR) is 103 cm³/mol. The second-order valence-electron chi connectivity index (χ2n) is 6.69. The molecule has 29 heavy (non-hydrogen) atoms. The molecule has 2 heterocycles. The van der Waals surface area contributed by atoms with E-state index in [1.54, 1.807) is 18.2 Å². The average Bonchev–Trinajstić information content (AvgIpc) is 3.19. The largest absolute Gasteiger partial charge is 0.324 e. The molecule has 2 aromatic rings. The lowest BCUT2D eigenvalue weighted by Crippen LogP contribution is -2.43. The molecule has 8 nitrogen and oxygen atoms in total. The number of rotatable bonds is 4. The summed E-state index contributed by atoms with van der Waals surface area (Å²) >= 11 is 5.96. The molecular formula is C19H15ClFN5O3. The maximum Gasteiger partial charge on any atom is 0.263 e. The third kappa shape index (κ3) is 3.44. The summed E-state index contributed by atoms with van der Waals surface area (Å²) < 4.78 is 13.2. The van der Waals surface area contributed by atoms with Crippen LogP contribution in [0.5, 0.6) is 0 Å². The zero-order valence-corrected chi connectivity index (χ0v) is 15.9. The molecule has 0 spiro atoms.